The molecule has 0 radical (unpaired) electrons. The standard InChI is InChI=1S/C31H54O10S/c1-2-3-4-5-6-7-8-9-10-11-12-13-14-15-16-17-18-19-20-21-28(33)39-24-31(23-32)25-40-29(34)22-27(42(36,37)38)30(35)41-26-31/h9-10,27,32H,2-8,11-26H2,1H3,(H,36,37,38)/b10-9-. The number of esters is 3. The third-order valence-corrected chi connectivity index (χ3v) is 8.63. The second kappa shape index (κ2) is 22.5. The number of aliphatic hydroxyl groups excluding tert-OH is 1. The lowest BCUT2D eigenvalue weighted by molar-refractivity contribution is -0.161. The average molecular weight is 619 g/mol. The number of rotatable bonds is 23. The molecule has 1 aliphatic rings. The van der Waals surface area contributed by atoms with Gasteiger partial charge in [-0.2, -0.15) is 8.42 Å². The summed E-state index contributed by atoms with van der Waals surface area (Å²) in [5, 5.41) is 7.75. The predicted molar refractivity (Wildman–Crippen MR) is 160 cm³/mol. The van der Waals surface area contributed by atoms with Crippen LogP contribution in [0.15, 0.2) is 12.2 Å². The van der Waals surface area contributed by atoms with E-state index in [9.17, 15) is 32.5 Å². The van der Waals surface area contributed by atoms with Gasteiger partial charge in [-0.05, 0) is 32.1 Å². The highest BCUT2D eigenvalue weighted by atomic mass is 32.2. The van der Waals surface area contributed by atoms with Crippen LogP contribution in [0.3, 0.4) is 0 Å². The van der Waals surface area contributed by atoms with Gasteiger partial charge in [-0.3, -0.25) is 18.9 Å². The van der Waals surface area contributed by atoms with E-state index in [2.05, 4.69) is 19.1 Å². The predicted octanol–water partition coefficient (Wildman–Crippen LogP) is 5.85. The van der Waals surface area contributed by atoms with Gasteiger partial charge in [-0.25, -0.2) is 0 Å². The van der Waals surface area contributed by atoms with Crippen molar-refractivity contribution in [1.29, 1.82) is 0 Å². The van der Waals surface area contributed by atoms with E-state index >= 15 is 0 Å². The Morgan fingerprint density at radius 3 is 1.88 bits per heavy atom. The zero-order valence-corrected chi connectivity index (χ0v) is 26.4. The van der Waals surface area contributed by atoms with Crippen LogP contribution < -0.4 is 0 Å². The van der Waals surface area contributed by atoms with E-state index in [1.165, 1.54) is 83.5 Å². The van der Waals surface area contributed by atoms with E-state index in [4.69, 9.17) is 14.2 Å². The third-order valence-electron chi connectivity index (χ3n) is 7.55. The highest BCUT2D eigenvalue weighted by molar-refractivity contribution is 7.87. The zero-order valence-electron chi connectivity index (χ0n) is 25.6. The van der Waals surface area contributed by atoms with Crippen molar-refractivity contribution in [2.75, 3.05) is 26.4 Å². The van der Waals surface area contributed by atoms with Crippen LogP contribution in [-0.4, -0.2) is 67.7 Å². The van der Waals surface area contributed by atoms with Gasteiger partial charge in [0.05, 0.1) is 18.4 Å². The SMILES string of the molecule is CCCCCCCC/C=C\CCCCCCCCCCCC(=O)OCC1(CO)COC(=O)CC(S(=O)(=O)O)C(=O)OC1. The quantitative estimate of drug-likeness (QED) is 0.0468. The van der Waals surface area contributed by atoms with Crippen LogP contribution >= 0.6 is 0 Å². The fourth-order valence-corrected chi connectivity index (χ4v) is 5.34. The minimum absolute atomic E-state index is 0.193. The summed E-state index contributed by atoms with van der Waals surface area (Å²) in [5.74, 6) is -2.89. The van der Waals surface area contributed by atoms with Crippen molar-refractivity contribution in [3.05, 3.63) is 12.2 Å². The molecule has 0 saturated carbocycles. The summed E-state index contributed by atoms with van der Waals surface area (Å²) in [7, 11) is -4.89. The van der Waals surface area contributed by atoms with Crippen molar-refractivity contribution in [2.45, 2.75) is 134 Å². The highest BCUT2D eigenvalue weighted by Crippen LogP contribution is 2.23. The molecule has 0 aromatic heterocycles. The van der Waals surface area contributed by atoms with Crippen LogP contribution in [-0.2, 0) is 38.7 Å². The maximum absolute atomic E-state index is 12.2. The fourth-order valence-electron chi connectivity index (χ4n) is 4.69. The largest absolute Gasteiger partial charge is 0.465 e. The first kappa shape index (κ1) is 38.0. The number of carbonyl (C=O) groups is 3. The summed E-state index contributed by atoms with van der Waals surface area (Å²) >= 11 is 0. The van der Waals surface area contributed by atoms with Gasteiger partial charge in [0.1, 0.15) is 19.8 Å². The van der Waals surface area contributed by atoms with Crippen LogP contribution in [0.5, 0.6) is 0 Å². The fraction of sp³-hybridized carbons (Fsp3) is 0.839. The van der Waals surface area contributed by atoms with Crippen LogP contribution in [0.4, 0.5) is 0 Å². The lowest BCUT2D eigenvalue weighted by Gasteiger charge is -2.29. The summed E-state index contributed by atoms with van der Waals surface area (Å²) in [5.41, 5.74) is -1.43. The van der Waals surface area contributed by atoms with Crippen LogP contribution in [0.2, 0.25) is 0 Å². The van der Waals surface area contributed by atoms with Crippen molar-refractivity contribution < 1.29 is 46.7 Å². The van der Waals surface area contributed by atoms with Gasteiger partial charge in [0.25, 0.3) is 10.1 Å². The average Bonchev–Trinajstić information content (AvgIpc) is 3.02. The number of cyclic esters (lactones) is 2. The van der Waals surface area contributed by atoms with Crippen molar-refractivity contribution >= 4 is 28.0 Å². The van der Waals surface area contributed by atoms with E-state index in [-0.39, 0.29) is 13.0 Å². The van der Waals surface area contributed by atoms with Crippen molar-refractivity contribution in [3.63, 3.8) is 0 Å². The Kier molecular flexibility index (Phi) is 20.4. The summed E-state index contributed by atoms with van der Waals surface area (Å²) in [6.45, 7) is 0.224. The second-order valence-corrected chi connectivity index (χ2v) is 13.1. The molecule has 2 N–H and O–H groups in total. The Morgan fingerprint density at radius 2 is 1.36 bits per heavy atom. The number of carbonyl (C=O) groups excluding carboxylic acids is 3. The molecule has 0 spiro atoms. The molecular weight excluding hydrogens is 564 g/mol. The Morgan fingerprint density at radius 1 is 0.857 bits per heavy atom. The summed E-state index contributed by atoms with van der Waals surface area (Å²) in [6, 6.07) is 0. The first-order valence-corrected chi connectivity index (χ1v) is 17.3. The lowest BCUT2D eigenvalue weighted by atomic mass is 9.92. The van der Waals surface area contributed by atoms with Crippen LogP contribution in [0.1, 0.15) is 129 Å². The maximum Gasteiger partial charge on any atom is 0.327 e. The number of hydrogen-bond acceptors (Lipinski definition) is 9. The molecule has 2 unspecified atom stereocenters. The molecule has 0 bridgehead atoms. The first-order valence-electron chi connectivity index (χ1n) is 15.8. The van der Waals surface area contributed by atoms with Gasteiger partial charge in [0, 0.05) is 6.42 Å². The van der Waals surface area contributed by atoms with E-state index in [0.717, 1.165) is 19.3 Å². The molecule has 1 fully saturated rings. The van der Waals surface area contributed by atoms with Gasteiger partial charge in [0.2, 0.25) is 0 Å². The molecule has 42 heavy (non-hydrogen) atoms. The van der Waals surface area contributed by atoms with E-state index in [1.54, 1.807) is 0 Å². The molecule has 1 rings (SSSR count). The lowest BCUT2D eigenvalue weighted by Crippen LogP contribution is -2.42. The number of unbranched alkanes of at least 4 members (excludes halogenated alkanes) is 15. The molecule has 2 atom stereocenters. The molecule has 11 heteroatoms. The van der Waals surface area contributed by atoms with Gasteiger partial charge in [-0.1, -0.05) is 96.1 Å². The van der Waals surface area contributed by atoms with Gasteiger partial charge in [-0.15, -0.1) is 0 Å². The molecule has 0 aromatic carbocycles. The van der Waals surface area contributed by atoms with Gasteiger partial charge in [0.15, 0.2) is 5.25 Å². The highest BCUT2D eigenvalue weighted by Gasteiger charge is 2.42. The molecule has 244 valence electrons. The van der Waals surface area contributed by atoms with Gasteiger partial charge < -0.3 is 19.3 Å². The Bertz CT molecular complexity index is 901. The molecule has 0 aromatic rings. The maximum atomic E-state index is 12.2. The molecule has 10 nitrogen and oxygen atoms in total. The normalized spacial score (nSPS) is 20.0. The van der Waals surface area contributed by atoms with Crippen LogP contribution in [0, 0.1) is 5.41 Å². The Balaban J connectivity index is 2.11. The monoisotopic (exact) mass is 618 g/mol. The first-order chi connectivity index (χ1) is 20.1. The minimum Gasteiger partial charge on any atom is -0.465 e. The van der Waals surface area contributed by atoms with Crippen molar-refractivity contribution in [2.24, 2.45) is 5.41 Å². The molecule has 1 heterocycles. The molecule has 1 saturated heterocycles. The number of allylic oxidation sites excluding steroid dienone is 2. The van der Waals surface area contributed by atoms with Crippen LogP contribution in [0.25, 0.3) is 0 Å². The third kappa shape index (κ3) is 17.9. The number of hydrogen-bond donors (Lipinski definition) is 2. The number of aliphatic hydroxyl groups is 1. The van der Waals surface area contributed by atoms with E-state index in [0.29, 0.717) is 6.42 Å². The number of ether oxygens (including phenoxy) is 3. The molecule has 0 aliphatic carbocycles. The topological polar surface area (TPSA) is 154 Å². The summed E-state index contributed by atoms with van der Waals surface area (Å²) in [6.07, 6.45) is 24.3. The van der Waals surface area contributed by atoms with E-state index in [1.807, 2.05) is 0 Å². The molecule has 0 amide bonds. The van der Waals surface area contributed by atoms with Gasteiger partial charge >= 0.3 is 17.9 Å². The molecular formula is C31H54O10S. The zero-order chi connectivity index (χ0) is 31.1. The summed E-state index contributed by atoms with van der Waals surface area (Å²) < 4.78 is 47.2. The van der Waals surface area contributed by atoms with E-state index < -0.39 is 64.9 Å². The minimum atomic E-state index is -4.89. The smallest absolute Gasteiger partial charge is 0.327 e. The molecule has 1 aliphatic heterocycles. The Hall–Kier alpha value is -1.98. The Labute approximate surface area is 252 Å². The van der Waals surface area contributed by atoms with Crippen molar-refractivity contribution in [3.8, 4) is 0 Å². The second-order valence-electron chi connectivity index (χ2n) is 11.5. The summed E-state index contributed by atoms with van der Waals surface area (Å²) in [4.78, 5) is 36.2. The van der Waals surface area contributed by atoms with Crippen molar-refractivity contribution in [1.82, 2.24) is 0 Å².